The molecule has 0 atom stereocenters. The minimum absolute atomic E-state index is 0.0545. The van der Waals surface area contributed by atoms with Gasteiger partial charge in [-0.15, -0.1) is 0 Å². The quantitative estimate of drug-likeness (QED) is 0.711. The summed E-state index contributed by atoms with van der Waals surface area (Å²) in [5.41, 5.74) is -0.763. The molecule has 1 fully saturated rings. The Kier molecular flexibility index (Phi) is 3.71. The first-order chi connectivity index (χ1) is 11.9. The number of aromatic nitrogens is 4. The highest BCUT2D eigenvalue weighted by molar-refractivity contribution is 7.22. The van der Waals surface area contributed by atoms with Crippen molar-refractivity contribution in [3.63, 3.8) is 0 Å². The Labute approximate surface area is 143 Å². The average molecular weight is 367 g/mol. The lowest BCUT2D eigenvalue weighted by molar-refractivity contribution is -0.142. The number of alkyl halides is 3. The van der Waals surface area contributed by atoms with Gasteiger partial charge in [0.25, 0.3) is 5.56 Å². The smallest absolute Gasteiger partial charge is 0.347 e. The predicted molar refractivity (Wildman–Crippen MR) is 86.6 cm³/mol. The standard InChI is InChI=1S/C15H12F3N5OS/c16-15(17,18)12-1-2-13(24)23(21-12)8-9-6-22(7-9)14-20-10-5-19-4-3-11(10)25-14/h1-5,9H,6-8H2. The molecule has 4 rings (SSSR count). The largest absolute Gasteiger partial charge is 0.435 e. The number of thiazole rings is 1. The van der Waals surface area contributed by atoms with E-state index in [9.17, 15) is 18.0 Å². The predicted octanol–water partition coefficient (Wildman–Crippen LogP) is 2.40. The number of rotatable bonds is 3. The lowest BCUT2D eigenvalue weighted by Gasteiger charge is -2.39. The minimum atomic E-state index is -4.56. The van der Waals surface area contributed by atoms with Crippen LogP contribution in [0.5, 0.6) is 0 Å². The first-order valence-electron chi connectivity index (χ1n) is 7.51. The molecule has 1 aliphatic rings. The summed E-state index contributed by atoms with van der Waals surface area (Å²) >= 11 is 1.54. The molecular formula is C15H12F3N5OS. The number of pyridine rings is 1. The Hall–Kier alpha value is -2.49. The first kappa shape index (κ1) is 16.0. The van der Waals surface area contributed by atoms with Crippen molar-refractivity contribution in [3.05, 3.63) is 46.6 Å². The Balaban J connectivity index is 1.45. The summed E-state index contributed by atoms with van der Waals surface area (Å²) in [6.07, 6.45) is -1.16. The van der Waals surface area contributed by atoms with Gasteiger partial charge in [0, 0.05) is 31.3 Å². The second-order valence-corrected chi connectivity index (χ2v) is 6.86. The number of hydrogen-bond acceptors (Lipinski definition) is 6. The van der Waals surface area contributed by atoms with Crippen LogP contribution in [0.2, 0.25) is 0 Å². The lowest BCUT2D eigenvalue weighted by atomic mass is 10.0. The molecule has 3 aromatic rings. The van der Waals surface area contributed by atoms with Crippen LogP contribution in [0.1, 0.15) is 5.69 Å². The number of hydrogen-bond donors (Lipinski definition) is 0. The van der Waals surface area contributed by atoms with E-state index in [2.05, 4.69) is 15.1 Å². The van der Waals surface area contributed by atoms with Crippen LogP contribution in [0.3, 0.4) is 0 Å². The van der Waals surface area contributed by atoms with Gasteiger partial charge in [-0.05, 0) is 12.1 Å². The topological polar surface area (TPSA) is 63.9 Å². The minimum Gasteiger partial charge on any atom is -0.347 e. The van der Waals surface area contributed by atoms with Gasteiger partial charge in [-0.2, -0.15) is 18.3 Å². The van der Waals surface area contributed by atoms with Crippen LogP contribution in [0.25, 0.3) is 10.2 Å². The van der Waals surface area contributed by atoms with Crippen molar-refractivity contribution in [2.45, 2.75) is 12.7 Å². The normalized spacial score (nSPS) is 15.6. The van der Waals surface area contributed by atoms with E-state index in [1.165, 1.54) is 0 Å². The zero-order chi connectivity index (χ0) is 17.6. The Morgan fingerprint density at radius 2 is 2.04 bits per heavy atom. The lowest BCUT2D eigenvalue weighted by Crippen LogP contribution is -2.49. The molecule has 6 nitrogen and oxygen atoms in total. The van der Waals surface area contributed by atoms with E-state index in [1.54, 1.807) is 23.7 Å². The molecule has 0 bridgehead atoms. The molecule has 0 aromatic carbocycles. The van der Waals surface area contributed by atoms with E-state index in [1.807, 2.05) is 11.0 Å². The van der Waals surface area contributed by atoms with Gasteiger partial charge < -0.3 is 4.90 Å². The average Bonchev–Trinajstić information content (AvgIpc) is 2.94. The van der Waals surface area contributed by atoms with Crippen molar-refractivity contribution in [2.75, 3.05) is 18.0 Å². The van der Waals surface area contributed by atoms with Gasteiger partial charge in [0.1, 0.15) is 5.52 Å². The maximum absolute atomic E-state index is 12.7. The van der Waals surface area contributed by atoms with Crippen molar-refractivity contribution in [3.8, 4) is 0 Å². The summed E-state index contributed by atoms with van der Waals surface area (Å²) in [6, 6.07) is 3.51. The highest BCUT2D eigenvalue weighted by Crippen LogP contribution is 2.33. The van der Waals surface area contributed by atoms with Gasteiger partial charge in [-0.25, -0.2) is 9.67 Å². The Morgan fingerprint density at radius 1 is 1.24 bits per heavy atom. The van der Waals surface area contributed by atoms with E-state index in [0.29, 0.717) is 19.2 Å². The molecule has 1 aliphatic heterocycles. The zero-order valence-corrected chi connectivity index (χ0v) is 13.6. The van der Waals surface area contributed by atoms with Crippen molar-refractivity contribution >= 4 is 26.7 Å². The maximum Gasteiger partial charge on any atom is 0.435 e. The van der Waals surface area contributed by atoms with Crippen molar-refractivity contribution in [1.29, 1.82) is 0 Å². The van der Waals surface area contributed by atoms with E-state index in [-0.39, 0.29) is 12.5 Å². The second kappa shape index (κ2) is 5.80. The summed E-state index contributed by atoms with van der Waals surface area (Å²) in [5, 5.41) is 4.29. The summed E-state index contributed by atoms with van der Waals surface area (Å²) < 4.78 is 40.1. The van der Waals surface area contributed by atoms with Gasteiger partial charge in [-0.1, -0.05) is 11.3 Å². The van der Waals surface area contributed by atoms with Gasteiger partial charge in [-0.3, -0.25) is 9.78 Å². The van der Waals surface area contributed by atoms with Crippen LogP contribution in [0.15, 0.2) is 35.4 Å². The number of fused-ring (bicyclic) bond motifs is 1. The van der Waals surface area contributed by atoms with Crippen molar-refractivity contribution in [1.82, 2.24) is 19.7 Å². The molecule has 0 spiro atoms. The zero-order valence-electron chi connectivity index (χ0n) is 12.8. The third-order valence-electron chi connectivity index (χ3n) is 3.99. The maximum atomic E-state index is 12.7. The SMILES string of the molecule is O=c1ccc(C(F)(F)F)nn1CC1CN(c2nc3cnccc3s2)C1. The summed E-state index contributed by atoms with van der Waals surface area (Å²) in [7, 11) is 0. The van der Waals surface area contributed by atoms with Crippen LogP contribution >= 0.6 is 11.3 Å². The molecule has 130 valence electrons. The summed E-state index contributed by atoms with van der Waals surface area (Å²) in [5.74, 6) is 0.0545. The molecule has 0 saturated carbocycles. The molecular weight excluding hydrogens is 355 g/mol. The molecule has 0 radical (unpaired) electrons. The van der Waals surface area contributed by atoms with Gasteiger partial charge >= 0.3 is 6.18 Å². The van der Waals surface area contributed by atoms with E-state index >= 15 is 0 Å². The third kappa shape index (κ3) is 3.09. The van der Waals surface area contributed by atoms with Crippen molar-refractivity contribution in [2.24, 2.45) is 5.92 Å². The highest BCUT2D eigenvalue weighted by atomic mass is 32.1. The van der Waals surface area contributed by atoms with Gasteiger partial charge in [0.15, 0.2) is 10.8 Å². The molecule has 3 aromatic heterocycles. The molecule has 0 amide bonds. The molecule has 0 unspecified atom stereocenters. The van der Waals surface area contributed by atoms with Crippen molar-refractivity contribution < 1.29 is 13.2 Å². The summed E-state index contributed by atoms with van der Waals surface area (Å²) in [4.78, 5) is 22.3. The van der Waals surface area contributed by atoms with Gasteiger partial charge in [0.05, 0.1) is 17.4 Å². The monoisotopic (exact) mass is 367 g/mol. The third-order valence-corrected chi connectivity index (χ3v) is 5.09. The Bertz CT molecular complexity index is 944. The van der Waals surface area contributed by atoms with Crippen LogP contribution in [0, 0.1) is 5.92 Å². The fourth-order valence-electron chi connectivity index (χ4n) is 2.72. The fourth-order valence-corrected chi connectivity index (χ4v) is 3.67. The molecule has 10 heteroatoms. The van der Waals surface area contributed by atoms with E-state index in [0.717, 1.165) is 26.1 Å². The highest BCUT2D eigenvalue weighted by Gasteiger charge is 2.34. The van der Waals surface area contributed by atoms with Gasteiger partial charge in [0.2, 0.25) is 0 Å². The van der Waals surface area contributed by atoms with Crippen LogP contribution in [0.4, 0.5) is 18.3 Å². The first-order valence-corrected chi connectivity index (χ1v) is 8.33. The van der Waals surface area contributed by atoms with E-state index < -0.39 is 17.4 Å². The van der Waals surface area contributed by atoms with Crippen LogP contribution in [-0.4, -0.2) is 32.8 Å². The molecule has 25 heavy (non-hydrogen) atoms. The molecule has 0 N–H and O–H groups in total. The second-order valence-electron chi connectivity index (χ2n) is 5.85. The molecule has 1 saturated heterocycles. The number of anilines is 1. The fraction of sp³-hybridized carbons (Fsp3) is 0.333. The molecule has 4 heterocycles. The summed E-state index contributed by atoms with van der Waals surface area (Å²) in [6.45, 7) is 1.40. The molecule has 0 aliphatic carbocycles. The number of halogens is 3. The van der Waals surface area contributed by atoms with E-state index in [4.69, 9.17) is 0 Å². The number of nitrogens with zero attached hydrogens (tertiary/aromatic N) is 5. The Morgan fingerprint density at radius 3 is 2.76 bits per heavy atom. The van der Waals surface area contributed by atoms with Crippen LogP contribution < -0.4 is 10.5 Å². The van der Waals surface area contributed by atoms with Crippen LogP contribution in [-0.2, 0) is 12.7 Å².